The Bertz CT molecular complexity index is 385. The van der Waals surface area contributed by atoms with Crippen molar-refractivity contribution in [1.29, 1.82) is 0 Å². The summed E-state index contributed by atoms with van der Waals surface area (Å²) < 4.78 is 19.4. The van der Waals surface area contributed by atoms with Gasteiger partial charge in [-0.15, -0.1) is 0 Å². The maximum absolute atomic E-state index is 12.6. The lowest BCUT2D eigenvalue weighted by Crippen LogP contribution is -2.30. The summed E-state index contributed by atoms with van der Waals surface area (Å²) in [5, 5.41) is 0. The predicted molar refractivity (Wildman–Crippen MR) is 80.5 cm³/mol. The minimum atomic E-state index is -1.13. The molecule has 116 valence electrons. The van der Waals surface area contributed by atoms with Gasteiger partial charge in [-0.2, -0.15) is 0 Å². The van der Waals surface area contributed by atoms with E-state index in [1.54, 1.807) is 0 Å². The van der Waals surface area contributed by atoms with Gasteiger partial charge >= 0.3 is 5.97 Å². The van der Waals surface area contributed by atoms with Gasteiger partial charge in [0.1, 0.15) is 17.0 Å². The van der Waals surface area contributed by atoms with E-state index in [0.717, 1.165) is 12.8 Å². The molecule has 1 aliphatic carbocycles. The summed E-state index contributed by atoms with van der Waals surface area (Å²) in [4.78, 5) is 12.1. The molecule has 20 heavy (non-hydrogen) atoms. The highest BCUT2D eigenvalue weighted by atomic mass is 32.2. The zero-order chi connectivity index (χ0) is 14.9. The van der Waals surface area contributed by atoms with E-state index in [1.165, 1.54) is 19.3 Å². The summed E-state index contributed by atoms with van der Waals surface area (Å²) in [6, 6.07) is -0.146. The monoisotopic (exact) mass is 301 g/mol. The lowest BCUT2D eigenvalue weighted by atomic mass is 9.86. The molecule has 1 unspecified atom stereocenters. The summed E-state index contributed by atoms with van der Waals surface area (Å²) >= 11 is 0. The molecular formula is C15H27NO3S. The second-order valence-electron chi connectivity index (χ2n) is 6.81. The molecule has 0 bridgehead atoms. The molecular weight excluding hydrogens is 274 g/mol. The Morgan fingerprint density at radius 3 is 2.35 bits per heavy atom. The Morgan fingerprint density at radius 1 is 1.25 bits per heavy atom. The molecule has 2 aliphatic rings. The number of esters is 1. The summed E-state index contributed by atoms with van der Waals surface area (Å²) in [6.07, 6.45) is 6.05. The van der Waals surface area contributed by atoms with Crippen LogP contribution in [-0.2, 0) is 20.5 Å². The van der Waals surface area contributed by atoms with Crippen molar-refractivity contribution in [2.75, 3.05) is 6.61 Å². The molecule has 0 spiro atoms. The van der Waals surface area contributed by atoms with Crippen LogP contribution in [0.25, 0.3) is 0 Å². The van der Waals surface area contributed by atoms with E-state index in [2.05, 4.69) is 0 Å². The lowest BCUT2D eigenvalue weighted by Gasteiger charge is -2.23. The smallest absolute Gasteiger partial charge is 0.326 e. The van der Waals surface area contributed by atoms with Gasteiger partial charge in [-0.05, 0) is 46.5 Å². The highest BCUT2D eigenvalue weighted by Crippen LogP contribution is 2.45. The second kappa shape index (κ2) is 6.14. The molecule has 4 atom stereocenters. The third-order valence-corrected chi connectivity index (χ3v) is 6.08. The molecule has 1 saturated carbocycles. The molecule has 0 aromatic heterocycles. The Morgan fingerprint density at radius 2 is 1.85 bits per heavy atom. The zero-order valence-corrected chi connectivity index (χ0v) is 13.9. The molecule has 1 heterocycles. The largest absolute Gasteiger partial charge is 0.465 e. The molecule has 1 saturated heterocycles. The first kappa shape index (κ1) is 16.0. The maximum Gasteiger partial charge on any atom is 0.326 e. The Balaban J connectivity index is 2.10. The average molecular weight is 301 g/mol. The van der Waals surface area contributed by atoms with Crippen LogP contribution in [-0.4, -0.2) is 37.9 Å². The van der Waals surface area contributed by atoms with E-state index < -0.39 is 11.0 Å². The third-order valence-electron chi connectivity index (χ3n) is 4.18. The zero-order valence-electron chi connectivity index (χ0n) is 13.1. The first-order valence-electron chi connectivity index (χ1n) is 7.75. The molecule has 1 aliphatic heterocycles. The summed E-state index contributed by atoms with van der Waals surface area (Å²) in [7, 11) is -1.13. The number of hydrogen-bond acceptors (Lipinski definition) is 3. The fourth-order valence-corrected chi connectivity index (χ4v) is 4.67. The van der Waals surface area contributed by atoms with Crippen LogP contribution in [0.15, 0.2) is 0 Å². The minimum Gasteiger partial charge on any atom is -0.465 e. The van der Waals surface area contributed by atoms with E-state index in [4.69, 9.17) is 4.74 Å². The number of carbonyl (C=O) groups excluding carboxylic acids is 1. The van der Waals surface area contributed by atoms with Crippen LogP contribution in [0, 0.1) is 5.92 Å². The van der Waals surface area contributed by atoms with Crippen molar-refractivity contribution in [3.63, 3.8) is 0 Å². The van der Waals surface area contributed by atoms with Gasteiger partial charge in [0.15, 0.2) is 0 Å². The first-order valence-corrected chi connectivity index (χ1v) is 8.85. The standard InChI is InChI=1S/C15H27NO3S/c1-5-19-14(17)13-12(11-9-7-6-8-10-11)16(13)20(18)15(2,3)4/h11-13H,5-10H2,1-4H3/t12-,13-,16?,20-/m0/s1. The van der Waals surface area contributed by atoms with Gasteiger partial charge in [0.2, 0.25) is 0 Å². The number of ether oxygens (including phenoxy) is 1. The van der Waals surface area contributed by atoms with E-state index in [-0.39, 0.29) is 22.8 Å². The van der Waals surface area contributed by atoms with Gasteiger partial charge in [-0.3, -0.25) is 4.79 Å². The average Bonchev–Trinajstić information content (AvgIpc) is 3.13. The quantitative estimate of drug-likeness (QED) is 0.592. The van der Waals surface area contributed by atoms with Crippen molar-refractivity contribution in [2.24, 2.45) is 5.92 Å². The molecule has 2 rings (SSSR count). The van der Waals surface area contributed by atoms with Gasteiger partial charge in [-0.25, -0.2) is 8.51 Å². The van der Waals surface area contributed by atoms with Gasteiger partial charge in [0, 0.05) is 0 Å². The molecule has 0 amide bonds. The molecule has 0 aromatic rings. The lowest BCUT2D eigenvalue weighted by molar-refractivity contribution is -0.143. The van der Waals surface area contributed by atoms with Crippen molar-refractivity contribution in [3.05, 3.63) is 0 Å². The van der Waals surface area contributed by atoms with Crippen LogP contribution in [0.3, 0.4) is 0 Å². The first-order chi connectivity index (χ1) is 9.38. The van der Waals surface area contributed by atoms with Crippen LogP contribution < -0.4 is 0 Å². The van der Waals surface area contributed by atoms with Crippen LogP contribution >= 0.6 is 0 Å². The van der Waals surface area contributed by atoms with Crippen molar-refractivity contribution in [3.8, 4) is 0 Å². The van der Waals surface area contributed by atoms with E-state index in [0.29, 0.717) is 12.5 Å². The molecule has 0 aromatic carbocycles. The van der Waals surface area contributed by atoms with E-state index in [9.17, 15) is 9.00 Å². The van der Waals surface area contributed by atoms with Crippen molar-refractivity contribution in [2.45, 2.75) is 76.6 Å². The predicted octanol–water partition coefficient (Wildman–Crippen LogP) is 2.64. The molecule has 4 nitrogen and oxygen atoms in total. The maximum atomic E-state index is 12.6. The third kappa shape index (κ3) is 3.25. The topological polar surface area (TPSA) is 46.4 Å². The summed E-state index contributed by atoms with van der Waals surface area (Å²) in [6.45, 7) is 8.09. The second-order valence-corrected chi connectivity index (χ2v) is 8.95. The number of rotatable bonds is 4. The highest BCUT2D eigenvalue weighted by Gasteiger charge is 2.61. The molecule has 0 radical (unpaired) electrons. The van der Waals surface area contributed by atoms with Crippen LogP contribution in [0.5, 0.6) is 0 Å². The fourth-order valence-electron chi connectivity index (χ4n) is 3.17. The normalized spacial score (nSPS) is 32.7. The van der Waals surface area contributed by atoms with Crippen molar-refractivity contribution in [1.82, 2.24) is 4.31 Å². The summed E-state index contributed by atoms with van der Waals surface area (Å²) in [5.74, 6) is 0.310. The highest BCUT2D eigenvalue weighted by molar-refractivity contribution is 7.84. The van der Waals surface area contributed by atoms with Gasteiger partial charge < -0.3 is 4.74 Å². The molecule has 2 fully saturated rings. The van der Waals surface area contributed by atoms with Crippen LogP contribution in [0.1, 0.15) is 59.8 Å². The van der Waals surface area contributed by atoms with Crippen molar-refractivity contribution >= 4 is 17.0 Å². The van der Waals surface area contributed by atoms with Gasteiger partial charge in [0.05, 0.1) is 17.4 Å². The Kier molecular flexibility index (Phi) is 4.90. The molecule has 0 N–H and O–H groups in total. The number of hydrogen-bond donors (Lipinski definition) is 0. The van der Waals surface area contributed by atoms with Crippen LogP contribution in [0.2, 0.25) is 0 Å². The SMILES string of the molecule is CCOC(=O)[C@@H]1[C@H](C2CCCCC2)N1[S@@](=O)C(C)(C)C. The van der Waals surface area contributed by atoms with E-state index >= 15 is 0 Å². The van der Waals surface area contributed by atoms with Crippen LogP contribution in [0.4, 0.5) is 0 Å². The van der Waals surface area contributed by atoms with Gasteiger partial charge in [0.25, 0.3) is 0 Å². The Labute approximate surface area is 124 Å². The van der Waals surface area contributed by atoms with Gasteiger partial charge in [-0.1, -0.05) is 19.3 Å². The summed E-state index contributed by atoms with van der Waals surface area (Å²) in [5.41, 5.74) is 0. The van der Waals surface area contributed by atoms with E-state index in [1.807, 2.05) is 32.0 Å². The Hall–Kier alpha value is -0.420. The fraction of sp³-hybridized carbons (Fsp3) is 0.933. The number of nitrogens with zero attached hydrogens (tertiary/aromatic N) is 1. The van der Waals surface area contributed by atoms with Crippen molar-refractivity contribution < 1.29 is 13.7 Å². The molecule has 5 heteroatoms. The minimum absolute atomic E-state index is 0.134. The number of carbonyl (C=O) groups is 1.